The highest BCUT2D eigenvalue weighted by Crippen LogP contribution is 2.12. The second kappa shape index (κ2) is 8.28. The third-order valence-electron chi connectivity index (χ3n) is 3.73. The fraction of sp³-hybridized carbons (Fsp3) is 0.562. The van der Waals surface area contributed by atoms with E-state index in [1.165, 1.54) is 24.9 Å². The molecule has 0 unspecified atom stereocenters. The van der Waals surface area contributed by atoms with Gasteiger partial charge in [-0.05, 0) is 50.4 Å². The molecular formula is C16H24ClN3. The molecule has 20 heavy (non-hydrogen) atoms. The van der Waals surface area contributed by atoms with Gasteiger partial charge < -0.3 is 0 Å². The highest BCUT2D eigenvalue weighted by atomic mass is 35.5. The fourth-order valence-corrected chi connectivity index (χ4v) is 2.68. The van der Waals surface area contributed by atoms with E-state index in [1.807, 2.05) is 25.3 Å². The summed E-state index contributed by atoms with van der Waals surface area (Å²) in [7, 11) is 0. The molecular weight excluding hydrogens is 270 g/mol. The van der Waals surface area contributed by atoms with Crippen molar-refractivity contribution in [3.05, 3.63) is 34.9 Å². The molecule has 1 aliphatic heterocycles. The van der Waals surface area contributed by atoms with Crippen molar-refractivity contribution < 1.29 is 0 Å². The van der Waals surface area contributed by atoms with Gasteiger partial charge in [0.1, 0.15) is 0 Å². The lowest BCUT2D eigenvalue weighted by Crippen LogP contribution is -2.44. The van der Waals surface area contributed by atoms with Gasteiger partial charge in [-0.15, -0.1) is 0 Å². The molecule has 0 aromatic heterocycles. The molecule has 1 fully saturated rings. The van der Waals surface area contributed by atoms with Crippen LogP contribution in [0.15, 0.2) is 29.4 Å². The van der Waals surface area contributed by atoms with Gasteiger partial charge in [0.15, 0.2) is 0 Å². The SMILES string of the molecule is C/C=N\N1CCN(CCCCc2ccc(Cl)cc2)CC1. The van der Waals surface area contributed by atoms with Gasteiger partial charge in [0.2, 0.25) is 0 Å². The molecule has 4 heteroatoms. The average molecular weight is 294 g/mol. The molecule has 0 radical (unpaired) electrons. The van der Waals surface area contributed by atoms with Crippen molar-refractivity contribution in [3.63, 3.8) is 0 Å². The Morgan fingerprint density at radius 1 is 1.10 bits per heavy atom. The van der Waals surface area contributed by atoms with E-state index >= 15 is 0 Å². The van der Waals surface area contributed by atoms with Crippen LogP contribution in [-0.4, -0.2) is 48.8 Å². The van der Waals surface area contributed by atoms with Crippen LogP contribution in [0.1, 0.15) is 25.3 Å². The number of benzene rings is 1. The first-order chi connectivity index (χ1) is 9.78. The van der Waals surface area contributed by atoms with E-state index in [-0.39, 0.29) is 0 Å². The highest BCUT2D eigenvalue weighted by Gasteiger charge is 2.14. The maximum Gasteiger partial charge on any atom is 0.0488 e. The van der Waals surface area contributed by atoms with E-state index < -0.39 is 0 Å². The Kier molecular flexibility index (Phi) is 6.34. The van der Waals surface area contributed by atoms with Gasteiger partial charge in [-0.25, -0.2) is 0 Å². The largest absolute Gasteiger partial charge is 0.300 e. The number of nitrogens with zero attached hydrogens (tertiary/aromatic N) is 3. The van der Waals surface area contributed by atoms with E-state index in [0.717, 1.165) is 37.6 Å². The second-order valence-corrected chi connectivity index (χ2v) is 5.69. The standard InChI is InChI=1S/C16H24ClN3/c1-2-18-20-13-11-19(12-14-20)10-4-3-5-15-6-8-16(17)9-7-15/h2,6-9H,3-5,10-14H2,1H3/b18-2-. The van der Waals surface area contributed by atoms with Crippen LogP contribution >= 0.6 is 11.6 Å². The van der Waals surface area contributed by atoms with Gasteiger partial charge in [0.05, 0.1) is 0 Å². The summed E-state index contributed by atoms with van der Waals surface area (Å²) < 4.78 is 0. The molecule has 0 atom stereocenters. The molecule has 0 aliphatic carbocycles. The monoisotopic (exact) mass is 293 g/mol. The topological polar surface area (TPSA) is 18.8 Å². The molecule has 2 rings (SSSR count). The van der Waals surface area contributed by atoms with Crippen molar-refractivity contribution >= 4 is 17.8 Å². The van der Waals surface area contributed by atoms with Gasteiger partial charge in [-0.2, -0.15) is 5.10 Å². The molecule has 0 amide bonds. The molecule has 0 N–H and O–H groups in total. The third-order valence-corrected chi connectivity index (χ3v) is 3.98. The van der Waals surface area contributed by atoms with Crippen LogP contribution in [0.2, 0.25) is 5.02 Å². The summed E-state index contributed by atoms with van der Waals surface area (Å²) in [6, 6.07) is 8.21. The molecule has 0 saturated carbocycles. The van der Waals surface area contributed by atoms with E-state index in [9.17, 15) is 0 Å². The van der Waals surface area contributed by atoms with Crippen LogP contribution in [0.25, 0.3) is 0 Å². The summed E-state index contributed by atoms with van der Waals surface area (Å²) in [6.45, 7) is 7.57. The Morgan fingerprint density at radius 2 is 1.80 bits per heavy atom. The van der Waals surface area contributed by atoms with Crippen molar-refractivity contribution in [1.29, 1.82) is 0 Å². The zero-order valence-electron chi connectivity index (χ0n) is 12.3. The summed E-state index contributed by atoms with van der Waals surface area (Å²) in [5.41, 5.74) is 1.39. The smallest absolute Gasteiger partial charge is 0.0488 e. The zero-order valence-corrected chi connectivity index (χ0v) is 13.0. The maximum absolute atomic E-state index is 5.89. The van der Waals surface area contributed by atoms with E-state index in [4.69, 9.17) is 11.6 Å². The first-order valence-corrected chi connectivity index (χ1v) is 7.86. The molecule has 1 aliphatic rings. The van der Waals surface area contributed by atoms with Crippen LogP contribution in [0.5, 0.6) is 0 Å². The van der Waals surface area contributed by atoms with Crippen molar-refractivity contribution in [2.24, 2.45) is 5.10 Å². The van der Waals surface area contributed by atoms with E-state index in [1.54, 1.807) is 0 Å². The van der Waals surface area contributed by atoms with Crippen molar-refractivity contribution in [3.8, 4) is 0 Å². The van der Waals surface area contributed by atoms with Crippen LogP contribution in [0.4, 0.5) is 0 Å². The highest BCUT2D eigenvalue weighted by molar-refractivity contribution is 6.30. The summed E-state index contributed by atoms with van der Waals surface area (Å²) in [5.74, 6) is 0. The van der Waals surface area contributed by atoms with Crippen LogP contribution < -0.4 is 0 Å². The average Bonchev–Trinajstić information content (AvgIpc) is 2.47. The lowest BCUT2D eigenvalue weighted by atomic mass is 10.1. The number of unbranched alkanes of at least 4 members (excludes halogenated alkanes) is 1. The zero-order chi connectivity index (χ0) is 14.2. The summed E-state index contributed by atoms with van der Waals surface area (Å²) in [6.07, 6.45) is 5.54. The van der Waals surface area contributed by atoms with Crippen molar-refractivity contribution in [1.82, 2.24) is 9.91 Å². The van der Waals surface area contributed by atoms with Gasteiger partial charge in [0, 0.05) is 37.4 Å². The maximum atomic E-state index is 5.89. The number of hydrogen-bond acceptors (Lipinski definition) is 3. The number of halogens is 1. The fourth-order valence-electron chi connectivity index (χ4n) is 2.56. The predicted molar refractivity (Wildman–Crippen MR) is 86.6 cm³/mol. The first kappa shape index (κ1) is 15.3. The number of piperazine rings is 1. The number of aryl methyl sites for hydroxylation is 1. The third kappa shape index (κ3) is 5.14. The molecule has 110 valence electrons. The Balaban J connectivity index is 1.59. The molecule has 3 nitrogen and oxygen atoms in total. The van der Waals surface area contributed by atoms with Gasteiger partial charge >= 0.3 is 0 Å². The molecule has 0 spiro atoms. The molecule has 1 aromatic carbocycles. The summed E-state index contributed by atoms with van der Waals surface area (Å²) >= 11 is 5.89. The van der Waals surface area contributed by atoms with Gasteiger partial charge in [-0.3, -0.25) is 9.91 Å². The van der Waals surface area contributed by atoms with Crippen molar-refractivity contribution in [2.75, 3.05) is 32.7 Å². The molecule has 1 saturated heterocycles. The van der Waals surface area contributed by atoms with Crippen molar-refractivity contribution in [2.45, 2.75) is 26.2 Å². The second-order valence-electron chi connectivity index (χ2n) is 5.25. The summed E-state index contributed by atoms with van der Waals surface area (Å²) in [4.78, 5) is 2.55. The molecule has 1 aromatic rings. The van der Waals surface area contributed by atoms with Gasteiger partial charge in [-0.1, -0.05) is 23.7 Å². The Morgan fingerprint density at radius 3 is 2.45 bits per heavy atom. The lowest BCUT2D eigenvalue weighted by Gasteiger charge is -2.32. The number of rotatable bonds is 6. The van der Waals surface area contributed by atoms with E-state index in [2.05, 4.69) is 27.1 Å². The van der Waals surface area contributed by atoms with E-state index in [0.29, 0.717) is 0 Å². The van der Waals surface area contributed by atoms with Crippen LogP contribution in [0.3, 0.4) is 0 Å². The van der Waals surface area contributed by atoms with Crippen LogP contribution in [-0.2, 0) is 6.42 Å². The molecule has 0 bridgehead atoms. The molecule has 1 heterocycles. The van der Waals surface area contributed by atoms with Gasteiger partial charge in [0.25, 0.3) is 0 Å². The van der Waals surface area contributed by atoms with Crippen LogP contribution in [0, 0.1) is 0 Å². The Labute approximate surface area is 127 Å². The number of hydrazone groups is 1. The quantitative estimate of drug-likeness (QED) is 0.592. The first-order valence-electron chi connectivity index (χ1n) is 7.48. The minimum absolute atomic E-state index is 0.821. The minimum Gasteiger partial charge on any atom is -0.300 e. The summed E-state index contributed by atoms with van der Waals surface area (Å²) in [5, 5.41) is 7.31. The Hall–Kier alpha value is -1.06. The minimum atomic E-state index is 0.821. The lowest BCUT2D eigenvalue weighted by molar-refractivity contribution is 0.135. The predicted octanol–water partition coefficient (Wildman–Crippen LogP) is 3.29. The number of hydrogen-bond donors (Lipinski definition) is 0. The Bertz CT molecular complexity index is 408. The normalized spacial score (nSPS) is 17.0.